The van der Waals surface area contributed by atoms with Crippen molar-refractivity contribution < 1.29 is 38.5 Å². The van der Waals surface area contributed by atoms with Crippen LogP contribution in [0.5, 0.6) is 0 Å². The van der Waals surface area contributed by atoms with Crippen molar-refractivity contribution in [3.8, 4) is 11.3 Å². The summed E-state index contributed by atoms with van der Waals surface area (Å²) in [5, 5.41) is 12.5. The number of ketones is 1. The molecule has 0 aliphatic heterocycles. The number of aromatic nitrogens is 2. The zero-order valence-corrected chi connectivity index (χ0v) is 26.7. The molecule has 5 nitrogen and oxygen atoms in total. The minimum Gasteiger partial charge on any atom is -0.512 e. The average molecular weight is 737 g/mol. The maximum Gasteiger partial charge on any atom is 0.216 e. The molecule has 1 aromatic carbocycles. The first-order valence-corrected chi connectivity index (χ1v) is 14.4. The second-order valence-electron chi connectivity index (χ2n) is 9.71. The van der Waals surface area contributed by atoms with Gasteiger partial charge in [0.1, 0.15) is 0 Å². The number of aryl methyl sites for hydroxylation is 2. The van der Waals surface area contributed by atoms with Gasteiger partial charge in [-0.25, -0.2) is 4.98 Å². The molecule has 5 rings (SSSR count). The quantitative estimate of drug-likeness (QED) is 0.0976. The molecule has 4 heterocycles. The van der Waals surface area contributed by atoms with Gasteiger partial charge in [-0.05, 0) is 63.4 Å². The molecule has 0 amide bonds. The molecule has 1 N–H and O–H groups in total. The first kappa shape index (κ1) is 27.3. The summed E-state index contributed by atoms with van der Waals surface area (Å²) in [5.41, 5.74) is 2.46. The minimum absolute atomic E-state index is 0. The Labute approximate surface area is 258 Å². The Balaban J connectivity index is 0.000000274. The van der Waals surface area contributed by atoms with Crippen molar-refractivity contribution in [2.75, 3.05) is 0 Å². The molecule has 0 bridgehead atoms. The van der Waals surface area contributed by atoms with Crippen LogP contribution in [0.4, 0.5) is 0 Å². The van der Waals surface area contributed by atoms with Crippen molar-refractivity contribution in [3.63, 3.8) is 0 Å². The van der Waals surface area contributed by atoms with Gasteiger partial charge in [0.2, 0.25) is 5.71 Å². The molecule has 4 aromatic heterocycles. The molecule has 0 atom stereocenters. The van der Waals surface area contributed by atoms with E-state index >= 15 is 0 Å². The number of hydrogen-bond donors (Lipinski definition) is 1. The number of fused-ring (bicyclic) bond motifs is 4. The number of benzene rings is 1. The SMILES string of the molecule is CCC(CC)C(=O)/C=C(\O)C(CC)CC.[2H]C([2H])([2H])c1ccc2c(n1)oc1c(-c3cc4sc(C)cc4cn3)[c-]ccc12.[Ir]. The van der Waals surface area contributed by atoms with Crippen LogP contribution in [0.3, 0.4) is 0 Å². The van der Waals surface area contributed by atoms with E-state index < -0.39 is 6.85 Å². The molecule has 0 aliphatic carbocycles. The summed E-state index contributed by atoms with van der Waals surface area (Å²) in [4.78, 5) is 21.7. The number of nitrogens with zero attached hydrogens (tertiary/aromatic N) is 2. The third-order valence-corrected chi connectivity index (χ3v) is 8.17. The monoisotopic (exact) mass is 737 g/mol. The van der Waals surface area contributed by atoms with E-state index in [0.717, 1.165) is 57.8 Å². The van der Waals surface area contributed by atoms with E-state index in [-0.39, 0.29) is 49.2 Å². The zero-order chi connectivity index (χ0) is 30.6. The number of rotatable bonds is 8. The predicted octanol–water partition coefficient (Wildman–Crippen LogP) is 9.54. The smallest absolute Gasteiger partial charge is 0.216 e. The maximum absolute atomic E-state index is 11.7. The van der Waals surface area contributed by atoms with Gasteiger partial charge in [-0.3, -0.25) is 4.79 Å². The number of furan rings is 1. The van der Waals surface area contributed by atoms with E-state index in [0.29, 0.717) is 11.3 Å². The average Bonchev–Trinajstić information content (AvgIpc) is 3.52. The molecule has 40 heavy (non-hydrogen) atoms. The minimum atomic E-state index is -2.27. The number of carbonyl (C=O) groups is 1. The number of thiophene rings is 1. The fourth-order valence-electron chi connectivity index (χ4n) is 4.79. The van der Waals surface area contributed by atoms with Crippen molar-refractivity contribution in [2.45, 2.75) is 67.2 Å². The van der Waals surface area contributed by atoms with Gasteiger partial charge in [0.05, 0.1) is 11.3 Å². The van der Waals surface area contributed by atoms with Crippen molar-refractivity contribution in [1.82, 2.24) is 9.97 Å². The number of aliphatic hydroxyl groups is 1. The molecule has 0 saturated carbocycles. The Kier molecular flexibility index (Phi) is 9.67. The largest absolute Gasteiger partial charge is 0.512 e. The van der Waals surface area contributed by atoms with Gasteiger partial charge < -0.3 is 14.5 Å². The van der Waals surface area contributed by atoms with Gasteiger partial charge in [-0.1, -0.05) is 44.7 Å². The van der Waals surface area contributed by atoms with Gasteiger partial charge >= 0.3 is 0 Å². The maximum atomic E-state index is 11.7. The molecule has 1 radical (unpaired) electrons. The normalized spacial score (nSPS) is 13.2. The van der Waals surface area contributed by atoms with Crippen molar-refractivity contribution in [3.05, 3.63) is 71.1 Å². The summed E-state index contributed by atoms with van der Waals surface area (Å²) in [7, 11) is 0. The Hall–Kier alpha value is -2.86. The third kappa shape index (κ3) is 6.88. The van der Waals surface area contributed by atoms with Crippen LogP contribution in [0.15, 0.2) is 58.8 Å². The Morgan fingerprint density at radius 3 is 2.50 bits per heavy atom. The van der Waals surface area contributed by atoms with E-state index in [9.17, 15) is 9.90 Å². The van der Waals surface area contributed by atoms with E-state index in [1.54, 1.807) is 17.4 Å². The standard InChI is InChI=1S/C20H13N2OS.C13H24O2.Ir/c1-11-6-7-15-14-4-3-5-16(19(14)23-20(15)22-11)17-9-18-13(10-21-17)8-12(2)24-18;1-5-10(6-2)12(14)9-13(15)11(7-3)8-4;/h3-4,6-10H,1-2H3;9-11,14H,5-8H2,1-4H3;/q-1;;/b;12-9-;/i1D3;;. The number of pyridine rings is 2. The van der Waals surface area contributed by atoms with Gasteiger partial charge in [-0.2, -0.15) is 0 Å². The van der Waals surface area contributed by atoms with Crippen LogP contribution in [0.25, 0.3) is 43.4 Å². The number of hydrogen-bond acceptors (Lipinski definition) is 6. The first-order chi connectivity index (χ1) is 20.0. The van der Waals surface area contributed by atoms with Gasteiger partial charge in [-0.15, -0.1) is 29.5 Å². The summed E-state index contributed by atoms with van der Waals surface area (Å²) in [5.74, 6) is 0.547. The predicted molar refractivity (Wildman–Crippen MR) is 162 cm³/mol. The molecular weight excluding hydrogens is 697 g/mol. The number of allylic oxidation sites excluding steroid dienone is 2. The van der Waals surface area contributed by atoms with E-state index in [2.05, 4.69) is 29.0 Å². The molecular formula is C33H37IrN2O3S-. The fourth-order valence-corrected chi connectivity index (χ4v) is 5.73. The summed E-state index contributed by atoms with van der Waals surface area (Å²) >= 11 is 1.72. The first-order valence-electron chi connectivity index (χ1n) is 15.1. The van der Waals surface area contributed by atoms with Crippen molar-refractivity contribution in [2.24, 2.45) is 11.8 Å². The number of carbonyl (C=O) groups excluding carboxylic acids is 1. The summed E-state index contributed by atoms with van der Waals surface area (Å²) in [6.45, 7) is 7.87. The number of aliphatic hydroxyl groups excluding tert-OH is 1. The summed E-state index contributed by atoms with van der Waals surface area (Å²) in [6.07, 6.45) is 6.76. The second-order valence-corrected chi connectivity index (χ2v) is 11.0. The molecule has 0 aliphatic rings. The second kappa shape index (κ2) is 14.2. The van der Waals surface area contributed by atoms with Crippen LogP contribution in [-0.2, 0) is 24.9 Å². The van der Waals surface area contributed by atoms with Crippen LogP contribution < -0.4 is 0 Å². The summed E-state index contributed by atoms with van der Waals surface area (Å²) in [6, 6.07) is 14.4. The van der Waals surface area contributed by atoms with E-state index in [4.69, 9.17) is 8.53 Å². The van der Waals surface area contributed by atoms with Gasteiger partial charge in [0.25, 0.3) is 0 Å². The fraction of sp³-hybridized carbons (Fsp3) is 0.364. The topological polar surface area (TPSA) is 76.2 Å². The molecule has 213 valence electrons. The van der Waals surface area contributed by atoms with Gasteiger partial charge in [0, 0.05) is 74.4 Å². The molecule has 0 fully saturated rings. The summed E-state index contributed by atoms with van der Waals surface area (Å²) < 4.78 is 29.8. The van der Waals surface area contributed by atoms with Gasteiger partial charge in [0.15, 0.2) is 5.78 Å². The molecule has 0 unspecified atom stereocenters. The van der Waals surface area contributed by atoms with E-state index in [1.807, 2.05) is 52.1 Å². The Morgan fingerprint density at radius 2 is 1.82 bits per heavy atom. The molecule has 5 aromatic rings. The van der Waals surface area contributed by atoms with Crippen LogP contribution in [0.1, 0.15) is 68.1 Å². The zero-order valence-electron chi connectivity index (χ0n) is 26.5. The van der Waals surface area contributed by atoms with Crippen LogP contribution in [0, 0.1) is 31.7 Å². The Morgan fingerprint density at radius 1 is 1.10 bits per heavy atom. The van der Waals surface area contributed by atoms with Crippen LogP contribution in [0.2, 0.25) is 0 Å². The van der Waals surface area contributed by atoms with Crippen molar-refractivity contribution >= 4 is 49.3 Å². The molecule has 0 saturated heterocycles. The molecule has 7 heteroatoms. The molecule has 0 spiro atoms. The van der Waals surface area contributed by atoms with Crippen LogP contribution in [-0.4, -0.2) is 20.9 Å². The van der Waals surface area contributed by atoms with Crippen LogP contribution >= 0.6 is 11.3 Å². The van der Waals surface area contributed by atoms with E-state index in [1.165, 1.54) is 17.0 Å². The Bertz CT molecular complexity index is 1730. The third-order valence-electron chi connectivity index (χ3n) is 7.16. The van der Waals surface area contributed by atoms with Crippen molar-refractivity contribution in [1.29, 1.82) is 0 Å².